The van der Waals surface area contributed by atoms with E-state index in [1.807, 2.05) is 0 Å². The second kappa shape index (κ2) is 11.4. The van der Waals surface area contributed by atoms with Gasteiger partial charge in [-0.05, 0) is 44.6 Å². The largest absolute Gasteiger partial charge is 0.339 e. The van der Waals surface area contributed by atoms with Gasteiger partial charge in [0.05, 0.1) is 0 Å². The predicted octanol–water partition coefficient (Wildman–Crippen LogP) is 3.74. The lowest BCUT2D eigenvalue weighted by Crippen LogP contribution is -2.47. The zero-order valence-corrected chi connectivity index (χ0v) is 14.1. The van der Waals surface area contributed by atoms with Crippen molar-refractivity contribution in [1.82, 2.24) is 4.90 Å². The van der Waals surface area contributed by atoms with E-state index in [0.717, 1.165) is 38.8 Å². The summed E-state index contributed by atoms with van der Waals surface area (Å²) in [6.07, 6.45) is 9.97. The molecule has 0 aromatic heterocycles. The lowest BCUT2D eigenvalue weighted by Gasteiger charge is -2.40. The van der Waals surface area contributed by atoms with E-state index in [1.165, 1.54) is 32.1 Å². The molecule has 1 aliphatic heterocycles. The van der Waals surface area contributed by atoms with E-state index in [2.05, 4.69) is 18.7 Å². The maximum atomic E-state index is 12.4. The third-order valence-corrected chi connectivity index (χ3v) is 4.37. The molecule has 2 atom stereocenters. The Bertz CT molecular complexity index is 261. The maximum absolute atomic E-state index is 12.4. The first-order valence-corrected chi connectivity index (χ1v) is 8.20. The standard InChI is InChI=1S/C16H32N2O.ClH/c1-3-9-15-14(2)10-8-13-18(15)16(19)11-6-4-5-7-12-17;/h14-15H,3-13,17H2,1-2H3;1H. The zero-order valence-electron chi connectivity index (χ0n) is 13.3. The van der Waals surface area contributed by atoms with Crippen LogP contribution in [-0.4, -0.2) is 29.9 Å². The van der Waals surface area contributed by atoms with E-state index < -0.39 is 0 Å². The molecule has 0 aromatic rings. The number of likely N-dealkylation sites (tertiary alicyclic amines) is 1. The Morgan fingerprint density at radius 3 is 2.60 bits per heavy atom. The van der Waals surface area contributed by atoms with Gasteiger partial charge in [-0.2, -0.15) is 0 Å². The zero-order chi connectivity index (χ0) is 14.1. The fourth-order valence-electron chi connectivity index (χ4n) is 3.21. The normalized spacial score (nSPS) is 22.4. The summed E-state index contributed by atoms with van der Waals surface area (Å²) in [6.45, 7) is 6.28. The predicted molar refractivity (Wildman–Crippen MR) is 88.2 cm³/mol. The van der Waals surface area contributed by atoms with E-state index in [1.54, 1.807) is 0 Å². The molecule has 0 saturated carbocycles. The minimum absolute atomic E-state index is 0. The van der Waals surface area contributed by atoms with Gasteiger partial charge in [-0.1, -0.05) is 33.1 Å². The lowest BCUT2D eigenvalue weighted by atomic mass is 9.87. The third kappa shape index (κ3) is 6.45. The highest BCUT2D eigenvalue weighted by molar-refractivity contribution is 5.85. The Hall–Kier alpha value is -0.280. The molecule has 1 fully saturated rings. The van der Waals surface area contributed by atoms with Gasteiger partial charge in [-0.25, -0.2) is 0 Å². The van der Waals surface area contributed by atoms with Crippen LogP contribution in [0.5, 0.6) is 0 Å². The summed E-state index contributed by atoms with van der Waals surface area (Å²) in [6, 6.07) is 0.496. The molecular weight excluding hydrogens is 272 g/mol. The monoisotopic (exact) mass is 304 g/mol. The Morgan fingerprint density at radius 2 is 1.95 bits per heavy atom. The van der Waals surface area contributed by atoms with Crippen LogP contribution in [0.3, 0.4) is 0 Å². The van der Waals surface area contributed by atoms with Gasteiger partial charge in [0.1, 0.15) is 0 Å². The van der Waals surface area contributed by atoms with Crippen LogP contribution >= 0.6 is 12.4 Å². The molecule has 1 aliphatic rings. The number of nitrogens with two attached hydrogens (primary N) is 1. The van der Waals surface area contributed by atoms with Crippen LogP contribution in [0, 0.1) is 5.92 Å². The molecule has 1 rings (SSSR count). The van der Waals surface area contributed by atoms with E-state index in [0.29, 0.717) is 17.9 Å². The topological polar surface area (TPSA) is 46.3 Å². The molecule has 4 heteroatoms. The van der Waals surface area contributed by atoms with E-state index in [9.17, 15) is 4.79 Å². The molecule has 0 aliphatic carbocycles. The summed E-state index contributed by atoms with van der Waals surface area (Å²) in [7, 11) is 0. The summed E-state index contributed by atoms with van der Waals surface area (Å²) in [5.41, 5.74) is 5.48. The van der Waals surface area contributed by atoms with Gasteiger partial charge in [0, 0.05) is 19.0 Å². The second-order valence-corrected chi connectivity index (χ2v) is 6.02. The molecule has 120 valence electrons. The van der Waals surface area contributed by atoms with Crippen LogP contribution in [0.4, 0.5) is 0 Å². The molecule has 0 radical (unpaired) electrons. The Balaban J connectivity index is 0.00000361. The van der Waals surface area contributed by atoms with E-state index in [-0.39, 0.29) is 12.4 Å². The SMILES string of the molecule is CCCC1C(C)CCCN1C(=O)CCCCCCN.Cl. The lowest BCUT2D eigenvalue weighted by molar-refractivity contribution is -0.136. The van der Waals surface area contributed by atoms with Crippen molar-refractivity contribution < 1.29 is 4.79 Å². The van der Waals surface area contributed by atoms with Gasteiger partial charge in [0.25, 0.3) is 0 Å². The molecule has 0 spiro atoms. The average molecular weight is 305 g/mol. The third-order valence-electron chi connectivity index (χ3n) is 4.37. The first kappa shape index (κ1) is 19.7. The highest BCUT2D eigenvalue weighted by Gasteiger charge is 2.30. The van der Waals surface area contributed by atoms with Gasteiger partial charge in [0.15, 0.2) is 0 Å². The van der Waals surface area contributed by atoms with Gasteiger partial charge < -0.3 is 10.6 Å². The first-order chi connectivity index (χ1) is 9.20. The van der Waals surface area contributed by atoms with Crippen LogP contribution in [0.15, 0.2) is 0 Å². The Kier molecular flexibility index (Phi) is 11.2. The van der Waals surface area contributed by atoms with Crippen molar-refractivity contribution in [2.75, 3.05) is 13.1 Å². The number of amides is 1. The number of hydrogen-bond donors (Lipinski definition) is 1. The van der Waals surface area contributed by atoms with Crippen molar-refractivity contribution in [3.05, 3.63) is 0 Å². The van der Waals surface area contributed by atoms with Crippen molar-refractivity contribution >= 4 is 18.3 Å². The number of carbonyl (C=O) groups excluding carboxylic acids is 1. The van der Waals surface area contributed by atoms with Crippen LogP contribution in [0.1, 0.15) is 71.6 Å². The fourth-order valence-corrected chi connectivity index (χ4v) is 3.21. The summed E-state index contributed by atoms with van der Waals surface area (Å²) in [5.74, 6) is 1.06. The number of hydrogen-bond acceptors (Lipinski definition) is 2. The van der Waals surface area contributed by atoms with Crippen LogP contribution in [-0.2, 0) is 4.79 Å². The van der Waals surface area contributed by atoms with Crippen molar-refractivity contribution in [3.63, 3.8) is 0 Å². The van der Waals surface area contributed by atoms with Crippen molar-refractivity contribution in [3.8, 4) is 0 Å². The van der Waals surface area contributed by atoms with Crippen molar-refractivity contribution in [2.45, 2.75) is 77.7 Å². The summed E-state index contributed by atoms with van der Waals surface area (Å²) >= 11 is 0. The van der Waals surface area contributed by atoms with E-state index in [4.69, 9.17) is 5.73 Å². The maximum Gasteiger partial charge on any atom is 0.222 e. The minimum Gasteiger partial charge on any atom is -0.339 e. The Labute approximate surface area is 131 Å². The van der Waals surface area contributed by atoms with Crippen molar-refractivity contribution in [1.29, 1.82) is 0 Å². The molecule has 0 bridgehead atoms. The van der Waals surface area contributed by atoms with E-state index >= 15 is 0 Å². The van der Waals surface area contributed by atoms with Crippen LogP contribution in [0.25, 0.3) is 0 Å². The molecular formula is C16H33ClN2O. The highest BCUT2D eigenvalue weighted by atomic mass is 35.5. The summed E-state index contributed by atoms with van der Waals surface area (Å²) in [4.78, 5) is 14.5. The van der Waals surface area contributed by atoms with Crippen LogP contribution in [0.2, 0.25) is 0 Å². The Morgan fingerprint density at radius 1 is 1.25 bits per heavy atom. The number of rotatable bonds is 8. The molecule has 2 N–H and O–H groups in total. The molecule has 1 heterocycles. The number of carbonyl (C=O) groups is 1. The molecule has 0 aromatic carbocycles. The number of halogens is 1. The molecule has 3 nitrogen and oxygen atoms in total. The quantitative estimate of drug-likeness (QED) is 0.694. The number of piperidine rings is 1. The molecule has 1 saturated heterocycles. The molecule has 1 amide bonds. The van der Waals surface area contributed by atoms with Gasteiger partial charge in [-0.15, -0.1) is 12.4 Å². The second-order valence-electron chi connectivity index (χ2n) is 6.02. The van der Waals surface area contributed by atoms with Gasteiger partial charge in [-0.3, -0.25) is 4.79 Å². The smallest absolute Gasteiger partial charge is 0.222 e. The number of unbranched alkanes of at least 4 members (excludes halogenated alkanes) is 3. The minimum atomic E-state index is 0. The summed E-state index contributed by atoms with van der Waals surface area (Å²) < 4.78 is 0. The fraction of sp³-hybridized carbons (Fsp3) is 0.938. The highest BCUT2D eigenvalue weighted by Crippen LogP contribution is 2.27. The average Bonchev–Trinajstić information content (AvgIpc) is 2.41. The van der Waals surface area contributed by atoms with Gasteiger partial charge in [0.2, 0.25) is 5.91 Å². The first-order valence-electron chi connectivity index (χ1n) is 8.20. The van der Waals surface area contributed by atoms with Crippen LogP contribution < -0.4 is 5.73 Å². The molecule has 2 unspecified atom stereocenters. The molecule has 20 heavy (non-hydrogen) atoms. The van der Waals surface area contributed by atoms with Crippen molar-refractivity contribution in [2.24, 2.45) is 11.7 Å². The van der Waals surface area contributed by atoms with Gasteiger partial charge >= 0.3 is 0 Å². The summed E-state index contributed by atoms with van der Waals surface area (Å²) in [5, 5.41) is 0. The number of nitrogens with zero attached hydrogens (tertiary/aromatic N) is 1.